The third kappa shape index (κ3) is 4.00. The van der Waals surface area contributed by atoms with Gasteiger partial charge in [0.25, 0.3) is 0 Å². The number of carbonyl (C=O) groups is 1. The summed E-state index contributed by atoms with van der Waals surface area (Å²) in [6.45, 7) is 0. The molecule has 1 heterocycles. The first-order valence-corrected chi connectivity index (χ1v) is 8.74. The lowest BCUT2D eigenvalue weighted by Crippen LogP contribution is -2.19. The highest BCUT2D eigenvalue weighted by atomic mass is 127. The van der Waals surface area contributed by atoms with Gasteiger partial charge in [0.1, 0.15) is 5.76 Å². The Morgan fingerprint density at radius 3 is 2.70 bits per heavy atom. The van der Waals surface area contributed by atoms with Crippen molar-refractivity contribution in [3.63, 3.8) is 0 Å². The van der Waals surface area contributed by atoms with E-state index in [-0.39, 0.29) is 12.3 Å². The molecule has 0 spiro atoms. The number of furan rings is 1. The maximum atomic E-state index is 12.1. The highest BCUT2D eigenvalue weighted by Gasteiger charge is 2.08. The number of nitrogens with one attached hydrogen (secondary N) is 1. The summed E-state index contributed by atoms with van der Waals surface area (Å²) >= 11 is 5.60. The SMILES string of the molecule is O=C(Cc1ccc(Br)c2ccccc12)N/N=C/c1ccc(I)o1. The molecule has 0 fully saturated rings. The lowest BCUT2D eigenvalue weighted by Gasteiger charge is -2.07. The van der Waals surface area contributed by atoms with E-state index in [0.717, 1.165) is 24.6 Å². The van der Waals surface area contributed by atoms with Crippen molar-refractivity contribution in [2.24, 2.45) is 5.10 Å². The maximum Gasteiger partial charge on any atom is 0.244 e. The Bertz CT molecular complexity index is 889. The number of nitrogens with zero attached hydrogens (tertiary/aromatic N) is 1. The van der Waals surface area contributed by atoms with Gasteiger partial charge in [-0.25, -0.2) is 5.43 Å². The topological polar surface area (TPSA) is 54.6 Å². The molecule has 0 unspecified atom stereocenters. The maximum absolute atomic E-state index is 12.1. The highest BCUT2D eigenvalue weighted by molar-refractivity contribution is 14.1. The molecule has 1 amide bonds. The van der Waals surface area contributed by atoms with E-state index in [0.29, 0.717) is 5.76 Å². The third-order valence-corrected chi connectivity index (χ3v) is 4.56. The number of hydrogen-bond acceptors (Lipinski definition) is 3. The second kappa shape index (κ2) is 7.27. The van der Waals surface area contributed by atoms with Crippen LogP contribution in [-0.4, -0.2) is 12.1 Å². The average Bonchev–Trinajstić information content (AvgIpc) is 2.96. The van der Waals surface area contributed by atoms with Crippen LogP contribution < -0.4 is 5.43 Å². The fourth-order valence-electron chi connectivity index (χ4n) is 2.26. The van der Waals surface area contributed by atoms with Gasteiger partial charge in [0.05, 0.1) is 12.6 Å². The van der Waals surface area contributed by atoms with E-state index >= 15 is 0 Å². The van der Waals surface area contributed by atoms with Gasteiger partial charge in [0.2, 0.25) is 5.91 Å². The van der Waals surface area contributed by atoms with Crippen LogP contribution in [0.3, 0.4) is 0 Å². The Balaban J connectivity index is 1.71. The van der Waals surface area contributed by atoms with E-state index in [4.69, 9.17) is 4.42 Å². The van der Waals surface area contributed by atoms with Crippen molar-refractivity contribution in [3.05, 3.63) is 68.1 Å². The van der Waals surface area contributed by atoms with E-state index in [1.807, 2.05) is 42.5 Å². The van der Waals surface area contributed by atoms with Gasteiger partial charge < -0.3 is 4.42 Å². The molecule has 0 radical (unpaired) electrons. The standard InChI is InChI=1S/C17H12BrIN2O2/c18-15-7-5-11(13-3-1-2-4-14(13)15)9-17(22)21-20-10-12-6-8-16(19)23-12/h1-8,10H,9H2,(H,21,22)/b20-10+. The van der Waals surface area contributed by atoms with Crippen molar-refractivity contribution in [2.45, 2.75) is 6.42 Å². The zero-order valence-electron chi connectivity index (χ0n) is 11.9. The molecule has 0 aliphatic heterocycles. The van der Waals surface area contributed by atoms with Gasteiger partial charge in [-0.15, -0.1) is 0 Å². The van der Waals surface area contributed by atoms with Crippen molar-refractivity contribution in [2.75, 3.05) is 0 Å². The molecule has 23 heavy (non-hydrogen) atoms. The quantitative estimate of drug-likeness (QED) is 0.338. The zero-order valence-corrected chi connectivity index (χ0v) is 15.7. The first-order valence-electron chi connectivity index (χ1n) is 6.87. The number of fused-ring (bicyclic) bond motifs is 1. The molecule has 3 aromatic rings. The van der Waals surface area contributed by atoms with Crippen molar-refractivity contribution in [1.82, 2.24) is 5.43 Å². The molecule has 0 saturated carbocycles. The summed E-state index contributed by atoms with van der Waals surface area (Å²) in [6.07, 6.45) is 1.75. The molecular formula is C17H12BrIN2O2. The molecule has 1 aromatic heterocycles. The molecule has 0 aliphatic carbocycles. The molecule has 2 aromatic carbocycles. The number of halogens is 2. The molecule has 3 rings (SSSR count). The molecule has 0 aliphatic rings. The molecule has 6 heteroatoms. The molecule has 0 saturated heterocycles. The third-order valence-electron chi connectivity index (χ3n) is 3.29. The Morgan fingerprint density at radius 1 is 1.17 bits per heavy atom. The highest BCUT2D eigenvalue weighted by Crippen LogP contribution is 2.27. The number of hydrogen-bond donors (Lipinski definition) is 1. The number of carbonyl (C=O) groups excluding carboxylic acids is 1. The van der Waals surface area contributed by atoms with Gasteiger partial charge in [-0.05, 0) is 57.1 Å². The summed E-state index contributed by atoms with van der Waals surface area (Å²) in [6, 6.07) is 15.5. The lowest BCUT2D eigenvalue weighted by atomic mass is 10.0. The minimum Gasteiger partial charge on any atom is -0.449 e. The Hall–Kier alpha value is -1.67. The van der Waals surface area contributed by atoms with Crippen LogP contribution in [0.2, 0.25) is 0 Å². The predicted molar refractivity (Wildman–Crippen MR) is 103 cm³/mol. The largest absolute Gasteiger partial charge is 0.449 e. The zero-order chi connectivity index (χ0) is 16.2. The van der Waals surface area contributed by atoms with Gasteiger partial charge in [-0.3, -0.25) is 4.79 Å². The normalized spacial score (nSPS) is 11.2. The van der Waals surface area contributed by atoms with Crippen LogP contribution in [0.15, 0.2) is 62.5 Å². The number of hydrazone groups is 1. The van der Waals surface area contributed by atoms with Crippen LogP contribution in [-0.2, 0) is 11.2 Å². The smallest absolute Gasteiger partial charge is 0.244 e. The lowest BCUT2D eigenvalue weighted by molar-refractivity contribution is -0.120. The summed E-state index contributed by atoms with van der Waals surface area (Å²) in [7, 11) is 0. The number of benzene rings is 2. The summed E-state index contributed by atoms with van der Waals surface area (Å²) in [5.41, 5.74) is 3.49. The first kappa shape index (κ1) is 16.2. The van der Waals surface area contributed by atoms with Crippen LogP contribution in [0.25, 0.3) is 10.8 Å². The van der Waals surface area contributed by atoms with Crippen LogP contribution in [0.1, 0.15) is 11.3 Å². The summed E-state index contributed by atoms with van der Waals surface area (Å²) < 4.78 is 7.13. The fourth-order valence-corrected chi connectivity index (χ4v) is 3.17. The number of rotatable bonds is 4. The minimum absolute atomic E-state index is 0.171. The second-order valence-electron chi connectivity index (χ2n) is 4.86. The van der Waals surface area contributed by atoms with Gasteiger partial charge in [-0.2, -0.15) is 5.10 Å². The molecule has 0 bridgehead atoms. The van der Waals surface area contributed by atoms with Gasteiger partial charge in [0.15, 0.2) is 3.77 Å². The van der Waals surface area contributed by atoms with E-state index < -0.39 is 0 Å². The van der Waals surface area contributed by atoms with E-state index in [1.165, 1.54) is 6.21 Å². The van der Waals surface area contributed by atoms with Gasteiger partial charge in [0, 0.05) is 4.47 Å². The monoisotopic (exact) mass is 482 g/mol. The fraction of sp³-hybridized carbons (Fsp3) is 0.0588. The first-order chi connectivity index (χ1) is 11.1. The predicted octanol–water partition coefficient (Wildman–Crippen LogP) is 4.49. The molecular weight excluding hydrogens is 471 g/mol. The van der Waals surface area contributed by atoms with Crippen molar-refractivity contribution < 1.29 is 9.21 Å². The molecule has 1 N–H and O–H groups in total. The van der Waals surface area contributed by atoms with Crippen molar-refractivity contribution in [1.29, 1.82) is 0 Å². The Morgan fingerprint density at radius 2 is 1.96 bits per heavy atom. The van der Waals surface area contributed by atoms with Crippen LogP contribution in [0.4, 0.5) is 0 Å². The molecule has 116 valence electrons. The number of amides is 1. The summed E-state index contributed by atoms with van der Waals surface area (Å²) in [4.78, 5) is 12.1. The van der Waals surface area contributed by atoms with Crippen LogP contribution in [0.5, 0.6) is 0 Å². The van der Waals surface area contributed by atoms with Crippen LogP contribution in [0, 0.1) is 3.77 Å². The summed E-state index contributed by atoms with van der Waals surface area (Å²) in [5, 5.41) is 6.06. The second-order valence-corrected chi connectivity index (χ2v) is 6.78. The summed E-state index contributed by atoms with van der Waals surface area (Å²) in [5.74, 6) is 0.429. The molecule has 0 atom stereocenters. The average molecular weight is 483 g/mol. The Kier molecular flexibility index (Phi) is 5.12. The van der Waals surface area contributed by atoms with Crippen LogP contribution >= 0.6 is 38.5 Å². The molecule has 4 nitrogen and oxygen atoms in total. The van der Waals surface area contributed by atoms with E-state index in [9.17, 15) is 4.79 Å². The van der Waals surface area contributed by atoms with Crippen molar-refractivity contribution >= 4 is 61.4 Å². The Labute approximate surface area is 155 Å². The minimum atomic E-state index is -0.171. The van der Waals surface area contributed by atoms with E-state index in [2.05, 4.69) is 49.0 Å². The van der Waals surface area contributed by atoms with Crippen molar-refractivity contribution in [3.8, 4) is 0 Å². The van der Waals surface area contributed by atoms with E-state index in [1.54, 1.807) is 6.07 Å². The van der Waals surface area contributed by atoms with Gasteiger partial charge in [-0.1, -0.05) is 46.3 Å². The van der Waals surface area contributed by atoms with Gasteiger partial charge >= 0.3 is 0 Å².